The monoisotopic (exact) mass is 343 g/mol. The number of hydrogen-bond donors (Lipinski definition) is 0. The first-order chi connectivity index (χ1) is 11.7. The van der Waals surface area contributed by atoms with Crippen LogP contribution >= 0.6 is 11.3 Å². The zero-order chi connectivity index (χ0) is 16.9. The average molecular weight is 343 g/mol. The highest BCUT2D eigenvalue weighted by atomic mass is 32.1. The van der Waals surface area contributed by atoms with Gasteiger partial charge in [-0.05, 0) is 53.8 Å². The summed E-state index contributed by atoms with van der Waals surface area (Å²) in [6.45, 7) is 1.20. The highest BCUT2D eigenvalue weighted by molar-refractivity contribution is 7.07. The van der Waals surface area contributed by atoms with Crippen molar-refractivity contribution in [2.45, 2.75) is 31.8 Å². The maximum atomic E-state index is 12.9. The molecule has 1 atom stereocenters. The Hall–Kier alpha value is -2.21. The first-order valence-corrected chi connectivity index (χ1v) is 9.08. The Kier molecular flexibility index (Phi) is 5.25. The van der Waals surface area contributed by atoms with Crippen molar-refractivity contribution in [3.8, 4) is 0 Å². The molecule has 2 amide bonds. The minimum absolute atomic E-state index is 0.0122. The molecule has 6 heteroatoms. The standard InChI is InChI=1S/C18H21N3O2S/c1-20(12-14-7-10-24-13-14)18(23)16-6-2-3-9-21(16)17(22)15-5-4-8-19-11-15/h4-5,7-8,10-11,13,16H,2-3,6,9,12H2,1H3. The zero-order valence-electron chi connectivity index (χ0n) is 13.7. The predicted molar refractivity (Wildman–Crippen MR) is 93.7 cm³/mol. The maximum absolute atomic E-state index is 12.9. The Balaban J connectivity index is 1.74. The van der Waals surface area contributed by atoms with E-state index in [0.29, 0.717) is 18.7 Å². The number of carbonyl (C=O) groups is 2. The number of piperidine rings is 1. The van der Waals surface area contributed by atoms with Gasteiger partial charge in [0.25, 0.3) is 5.91 Å². The van der Waals surface area contributed by atoms with Crippen LogP contribution in [0.25, 0.3) is 0 Å². The molecule has 3 rings (SSSR count). The summed E-state index contributed by atoms with van der Waals surface area (Å²) >= 11 is 1.62. The lowest BCUT2D eigenvalue weighted by Crippen LogP contribution is -2.52. The molecule has 0 aromatic carbocycles. The minimum atomic E-state index is -0.380. The fourth-order valence-electron chi connectivity index (χ4n) is 3.08. The van der Waals surface area contributed by atoms with E-state index in [0.717, 1.165) is 24.8 Å². The second kappa shape index (κ2) is 7.57. The van der Waals surface area contributed by atoms with E-state index >= 15 is 0 Å². The number of likely N-dealkylation sites (N-methyl/N-ethyl adjacent to an activating group) is 1. The van der Waals surface area contributed by atoms with Crippen LogP contribution in [0.1, 0.15) is 35.2 Å². The molecule has 2 aromatic heterocycles. The van der Waals surface area contributed by atoms with E-state index in [9.17, 15) is 9.59 Å². The lowest BCUT2D eigenvalue weighted by Gasteiger charge is -2.36. The fourth-order valence-corrected chi connectivity index (χ4v) is 3.74. The van der Waals surface area contributed by atoms with E-state index in [1.54, 1.807) is 52.7 Å². The van der Waals surface area contributed by atoms with Crippen LogP contribution in [-0.4, -0.2) is 46.2 Å². The SMILES string of the molecule is CN(Cc1ccsc1)C(=O)C1CCCCN1C(=O)c1cccnc1. The van der Waals surface area contributed by atoms with Crippen LogP contribution in [0.4, 0.5) is 0 Å². The number of nitrogens with zero attached hydrogens (tertiary/aromatic N) is 3. The summed E-state index contributed by atoms with van der Waals surface area (Å²) in [6, 6.07) is 5.14. The highest BCUT2D eigenvalue weighted by Gasteiger charge is 2.34. The van der Waals surface area contributed by atoms with Crippen LogP contribution in [0.3, 0.4) is 0 Å². The second-order valence-corrected chi connectivity index (χ2v) is 6.86. The number of amides is 2. The highest BCUT2D eigenvalue weighted by Crippen LogP contribution is 2.22. The van der Waals surface area contributed by atoms with Crippen molar-refractivity contribution in [1.29, 1.82) is 0 Å². The zero-order valence-corrected chi connectivity index (χ0v) is 14.5. The molecule has 0 radical (unpaired) electrons. The first kappa shape index (κ1) is 16.6. The fraction of sp³-hybridized carbons (Fsp3) is 0.389. The third kappa shape index (κ3) is 3.64. The van der Waals surface area contributed by atoms with E-state index in [4.69, 9.17) is 0 Å². The Morgan fingerprint density at radius 3 is 2.96 bits per heavy atom. The Bertz CT molecular complexity index is 688. The summed E-state index contributed by atoms with van der Waals surface area (Å²) in [7, 11) is 1.81. The molecule has 126 valence electrons. The van der Waals surface area contributed by atoms with Crippen LogP contribution in [0.2, 0.25) is 0 Å². The summed E-state index contributed by atoms with van der Waals surface area (Å²) in [4.78, 5) is 33.1. The Morgan fingerprint density at radius 1 is 1.38 bits per heavy atom. The molecule has 0 aliphatic carbocycles. The molecule has 0 saturated carbocycles. The molecule has 1 fully saturated rings. The molecule has 1 aliphatic rings. The van der Waals surface area contributed by atoms with Gasteiger partial charge in [-0.1, -0.05) is 0 Å². The summed E-state index contributed by atoms with van der Waals surface area (Å²) in [5.74, 6) is -0.0942. The molecule has 3 heterocycles. The maximum Gasteiger partial charge on any atom is 0.256 e. The summed E-state index contributed by atoms with van der Waals surface area (Å²) < 4.78 is 0. The van der Waals surface area contributed by atoms with Crippen molar-refractivity contribution in [2.24, 2.45) is 0 Å². The predicted octanol–water partition coefficient (Wildman–Crippen LogP) is 2.80. The average Bonchev–Trinajstić information content (AvgIpc) is 3.14. The van der Waals surface area contributed by atoms with Crippen molar-refractivity contribution in [1.82, 2.24) is 14.8 Å². The molecule has 2 aromatic rings. The number of likely N-dealkylation sites (tertiary alicyclic amines) is 1. The van der Waals surface area contributed by atoms with Crippen molar-refractivity contribution in [3.63, 3.8) is 0 Å². The Morgan fingerprint density at radius 2 is 2.25 bits per heavy atom. The van der Waals surface area contributed by atoms with E-state index in [2.05, 4.69) is 4.98 Å². The van der Waals surface area contributed by atoms with Crippen LogP contribution in [0.5, 0.6) is 0 Å². The van der Waals surface area contributed by atoms with Crippen molar-refractivity contribution >= 4 is 23.2 Å². The Labute approximate surface area is 145 Å². The lowest BCUT2D eigenvalue weighted by atomic mass is 9.99. The molecule has 0 bridgehead atoms. The van der Waals surface area contributed by atoms with Crippen LogP contribution in [0.15, 0.2) is 41.4 Å². The molecule has 24 heavy (non-hydrogen) atoms. The number of aromatic nitrogens is 1. The van der Waals surface area contributed by atoms with Crippen LogP contribution in [0, 0.1) is 0 Å². The van der Waals surface area contributed by atoms with E-state index in [-0.39, 0.29) is 17.9 Å². The van der Waals surface area contributed by atoms with E-state index in [1.807, 2.05) is 16.8 Å². The second-order valence-electron chi connectivity index (χ2n) is 6.08. The van der Waals surface area contributed by atoms with Crippen molar-refractivity contribution in [3.05, 3.63) is 52.5 Å². The van der Waals surface area contributed by atoms with Gasteiger partial charge in [0.1, 0.15) is 6.04 Å². The quantitative estimate of drug-likeness (QED) is 0.858. The van der Waals surface area contributed by atoms with Crippen molar-refractivity contribution in [2.75, 3.05) is 13.6 Å². The smallest absolute Gasteiger partial charge is 0.256 e. The van der Waals surface area contributed by atoms with Gasteiger partial charge in [-0.3, -0.25) is 14.6 Å². The molecular formula is C18H21N3O2S. The number of rotatable bonds is 4. The molecule has 1 saturated heterocycles. The topological polar surface area (TPSA) is 53.5 Å². The molecule has 0 N–H and O–H groups in total. The third-order valence-electron chi connectivity index (χ3n) is 4.33. The number of carbonyl (C=O) groups excluding carboxylic acids is 2. The summed E-state index contributed by atoms with van der Waals surface area (Å²) in [5, 5.41) is 4.05. The summed E-state index contributed by atoms with van der Waals surface area (Å²) in [6.07, 6.45) is 5.83. The molecule has 1 unspecified atom stereocenters. The first-order valence-electron chi connectivity index (χ1n) is 8.14. The van der Waals surface area contributed by atoms with Crippen molar-refractivity contribution < 1.29 is 9.59 Å². The number of thiophene rings is 1. The van der Waals surface area contributed by atoms with Gasteiger partial charge in [0.15, 0.2) is 0 Å². The largest absolute Gasteiger partial charge is 0.340 e. The van der Waals surface area contributed by atoms with Gasteiger partial charge < -0.3 is 9.80 Å². The normalized spacial score (nSPS) is 17.5. The third-order valence-corrected chi connectivity index (χ3v) is 5.07. The van der Waals surface area contributed by atoms with Gasteiger partial charge in [0.05, 0.1) is 5.56 Å². The number of hydrogen-bond acceptors (Lipinski definition) is 4. The van der Waals surface area contributed by atoms with Gasteiger partial charge in [-0.2, -0.15) is 11.3 Å². The summed E-state index contributed by atoms with van der Waals surface area (Å²) in [5.41, 5.74) is 1.66. The molecule has 1 aliphatic heterocycles. The van der Waals surface area contributed by atoms with E-state index < -0.39 is 0 Å². The van der Waals surface area contributed by atoms with E-state index in [1.165, 1.54) is 0 Å². The molecular weight excluding hydrogens is 322 g/mol. The van der Waals surface area contributed by atoms with Crippen LogP contribution in [-0.2, 0) is 11.3 Å². The lowest BCUT2D eigenvalue weighted by molar-refractivity contribution is -0.136. The van der Waals surface area contributed by atoms with Gasteiger partial charge in [0, 0.05) is 32.5 Å². The number of pyridine rings is 1. The molecule has 0 spiro atoms. The van der Waals surface area contributed by atoms with Gasteiger partial charge in [-0.25, -0.2) is 0 Å². The molecule has 5 nitrogen and oxygen atoms in total. The van der Waals surface area contributed by atoms with Gasteiger partial charge >= 0.3 is 0 Å². The van der Waals surface area contributed by atoms with Crippen LogP contribution < -0.4 is 0 Å². The minimum Gasteiger partial charge on any atom is -0.340 e. The van der Waals surface area contributed by atoms with Gasteiger partial charge in [-0.15, -0.1) is 0 Å². The van der Waals surface area contributed by atoms with Gasteiger partial charge in [0.2, 0.25) is 5.91 Å².